The average Bonchev–Trinajstić information content (AvgIpc) is 3.30. The molecule has 4 aliphatic rings. The van der Waals surface area contributed by atoms with Crippen LogP contribution in [0.1, 0.15) is 86.0 Å². The summed E-state index contributed by atoms with van der Waals surface area (Å²) in [6.45, 7) is 9.51. The van der Waals surface area contributed by atoms with Crippen LogP contribution in [0.15, 0.2) is 0 Å². The highest BCUT2D eigenvalue weighted by atomic mass is 16.5. The highest BCUT2D eigenvalue weighted by Gasteiger charge is 2.70. The van der Waals surface area contributed by atoms with Gasteiger partial charge in [0.1, 0.15) is 24.7 Å². The molecule has 12 heteroatoms. The van der Waals surface area contributed by atoms with Gasteiger partial charge in [0.15, 0.2) is 0 Å². The summed E-state index contributed by atoms with van der Waals surface area (Å²) < 4.78 is 5.38. The molecule has 5 amide bonds. The molecule has 0 aromatic carbocycles. The molecule has 5 N–H and O–H groups in total. The van der Waals surface area contributed by atoms with Crippen LogP contribution in [0.25, 0.3) is 0 Å². The normalized spacial score (nSPS) is 26.3. The molecular formula is C30H47N5O7. The second-order valence-corrected chi connectivity index (χ2v) is 14.2. The quantitative estimate of drug-likeness (QED) is 0.208. The zero-order valence-corrected chi connectivity index (χ0v) is 25.5. The molecule has 4 rings (SSSR count). The number of primary amides is 1. The van der Waals surface area contributed by atoms with Gasteiger partial charge < -0.3 is 31.3 Å². The van der Waals surface area contributed by atoms with E-state index in [0.717, 1.165) is 44.9 Å². The lowest BCUT2D eigenvalue weighted by Gasteiger charge is -2.38. The number of nitrogens with zero attached hydrogens (tertiary/aromatic N) is 1. The van der Waals surface area contributed by atoms with Gasteiger partial charge in [-0.15, -0.1) is 0 Å². The van der Waals surface area contributed by atoms with Gasteiger partial charge in [0.2, 0.25) is 17.6 Å². The fraction of sp³-hybridized carbons (Fsp3) is 0.800. The summed E-state index contributed by atoms with van der Waals surface area (Å²) in [5.74, 6) is -3.21. The van der Waals surface area contributed by atoms with E-state index < -0.39 is 59.0 Å². The molecule has 3 saturated carbocycles. The second-order valence-electron chi connectivity index (χ2n) is 14.2. The summed E-state index contributed by atoms with van der Waals surface area (Å²) in [5, 5.41) is 7.97. The number of rotatable bonds is 11. The maximum Gasteiger partial charge on any atom is 0.325 e. The number of carbonyl (C=O) groups excluding carboxylic acids is 6. The van der Waals surface area contributed by atoms with E-state index >= 15 is 0 Å². The van der Waals surface area contributed by atoms with E-state index in [0.29, 0.717) is 13.0 Å². The van der Waals surface area contributed by atoms with Crippen molar-refractivity contribution in [3.63, 3.8) is 0 Å². The number of hydrogen-bond acceptors (Lipinski definition) is 7. The SMILES string of the molecule is CC(C)(C)[C@H](NC(=O)NCC(=O)OC1CCCC1)C(=O)N1C[C@H]2[C@@H]([C@H]1C(=O)NC(CC1CCC1)C(=O)C(N)=O)C2(C)C. The van der Waals surface area contributed by atoms with E-state index in [4.69, 9.17) is 10.5 Å². The van der Waals surface area contributed by atoms with Gasteiger partial charge in [-0.1, -0.05) is 53.9 Å². The number of hydrogen-bond donors (Lipinski definition) is 4. The minimum absolute atomic E-state index is 0.0777. The Bertz CT molecular complexity index is 1110. The maximum atomic E-state index is 14.0. The van der Waals surface area contributed by atoms with E-state index in [1.165, 1.54) is 4.90 Å². The van der Waals surface area contributed by atoms with Crippen molar-refractivity contribution in [3.8, 4) is 0 Å². The zero-order chi connectivity index (χ0) is 31.0. The summed E-state index contributed by atoms with van der Waals surface area (Å²) in [4.78, 5) is 78.6. The van der Waals surface area contributed by atoms with Gasteiger partial charge in [0.05, 0.1) is 6.04 Å². The van der Waals surface area contributed by atoms with Crippen LogP contribution in [0.4, 0.5) is 4.79 Å². The van der Waals surface area contributed by atoms with E-state index in [9.17, 15) is 28.8 Å². The first-order chi connectivity index (χ1) is 19.6. The molecule has 1 heterocycles. The van der Waals surface area contributed by atoms with Gasteiger partial charge in [-0.25, -0.2) is 4.79 Å². The lowest BCUT2D eigenvalue weighted by molar-refractivity contribution is -0.147. The van der Waals surface area contributed by atoms with Gasteiger partial charge in [-0.3, -0.25) is 24.0 Å². The number of nitrogens with one attached hydrogen (secondary N) is 3. The Morgan fingerprint density at radius 3 is 2.17 bits per heavy atom. The highest BCUT2D eigenvalue weighted by Crippen LogP contribution is 2.65. The maximum absolute atomic E-state index is 14.0. The van der Waals surface area contributed by atoms with Crippen LogP contribution in [0.2, 0.25) is 0 Å². The Morgan fingerprint density at radius 1 is 0.976 bits per heavy atom. The smallest absolute Gasteiger partial charge is 0.325 e. The van der Waals surface area contributed by atoms with Crippen molar-refractivity contribution in [1.29, 1.82) is 0 Å². The van der Waals surface area contributed by atoms with Gasteiger partial charge in [-0.2, -0.15) is 0 Å². The molecule has 0 radical (unpaired) electrons. The van der Waals surface area contributed by atoms with Crippen molar-refractivity contribution < 1.29 is 33.5 Å². The topological polar surface area (TPSA) is 177 Å². The first-order valence-electron chi connectivity index (χ1n) is 15.3. The summed E-state index contributed by atoms with van der Waals surface area (Å²) in [6.07, 6.45) is 6.76. The number of fused-ring (bicyclic) bond motifs is 1. The van der Waals surface area contributed by atoms with Crippen molar-refractivity contribution in [2.24, 2.45) is 34.3 Å². The molecule has 0 aromatic rings. The third-order valence-corrected chi connectivity index (χ3v) is 9.81. The molecule has 12 nitrogen and oxygen atoms in total. The van der Waals surface area contributed by atoms with Crippen LogP contribution in [0.3, 0.4) is 0 Å². The molecule has 1 aliphatic heterocycles. The molecule has 1 unspecified atom stereocenters. The fourth-order valence-corrected chi connectivity index (χ4v) is 6.92. The number of likely N-dealkylation sites (tertiary alicyclic amines) is 1. The predicted octanol–water partition coefficient (Wildman–Crippen LogP) is 1.40. The summed E-state index contributed by atoms with van der Waals surface area (Å²) in [5.41, 5.74) is 4.39. The molecule has 5 atom stereocenters. The van der Waals surface area contributed by atoms with Gasteiger partial charge >= 0.3 is 12.0 Å². The highest BCUT2D eigenvalue weighted by molar-refractivity contribution is 6.37. The summed E-state index contributed by atoms with van der Waals surface area (Å²) >= 11 is 0. The van der Waals surface area contributed by atoms with Crippen molar-refractivity contribution in [2.75, 3.05) is 13.1 Å². The summed E-state index contributed by atoms with van der Waals surface area (Å²) in [6, 6.07) is -3.59. The number of carbonyl (C=O) groups is 6. The predicted molar refractivity (Wildman–Crippen MR) is 152 cm³/mol. The van der Waals surface area contributed by atoms with Crippen LogP contribution in [0.5, 0.6) is 0 Å². The lowest BCUT2D eigenvalue weighted by atomic mass is 9.80. The number of Topliss-reactive ketones (excluding diaryl/α,β-unsaturated/α-hetero) is 1. The summed E-state index contributed by atoms with van der Waals surface area (Å²) in [7, 11) is 0. The molecule has 42 heavy (non-hydrogen) atoms. The van der Waals surface area contributed by atoms with Crippen molar-refractivity contribution in [3.05, 3.63) is 0 Å². The molecule has 0 spiro atoms. The van der Waals surface area contributed by atoms with E-state index in [2.05, 4.69) is 16.0 Å². The number of ether oxygens (including phenoxy) is 1. The lowest BCUT2D eigenvalue weighted by Crippen LogP contribution is -2.61. The van der Waals surface area contributed by atoms with E-state index in [-0.39, 0.29) is 35.8 Å². The molecule has 0 aromatic heterocycles. The van der Waals surface area contributed by atoms with Gasteiger partial charge in [-0.05, 0) is 60.7 Å². The first kappa shape index (κ1) is 31.7. The largest absolute Gasteiger partial charge is 0.461 e. The van der Waals surface area contributed by atoms with E-state index in [1.807, 2.05) is 13.8 Å². The Labute approximate surface area is 247 Å². The number of piperidine rings is 1. The molecule has 4 fully saturated rings. The third-order valence-electron chi connectivity index (χ3n) is 9.81. The van der Waals surface area contributed by atoms with Crippen molar-refractivity contribution >= 4 is 35.5 Å². The van der Waals surface area contributed by atoms with E-state index in [1.54, 1.807) is 20.8 Å². The van der Waals surface area contributed by atoms with Crippen LogP contribution in [0, 0.1) is 28.6 Å². The number of urea groups is 1. The molecule has 3 aliphatic carbocycles. The number of amides is 5. The van der Waals surface area contributed by atoms with Crippen LogP contribution in [-0.2, 0) is 28.7 Å². The van der Waals surface area contributed by atoms with Gasteiger partial charge in [0.25, 0.3) is 5.91 Å². The molecule has 0 bridgehead atoms. The zero-order valence-electron chi connectivity index (χ0n) is 25.5. The molecule has 234 valence electrons. The molecular weight excluding hydrogens is 542 g/mol. The van der Waals surface area contributed by atoms with Crippen LogP contribution in [-0.4, -0.2) is 77.7 Å². The first-order valence-corrected chi connectivity index (χ1v) is 15.3. The Morgan fingerprint density at radius 2 is 1.62 bits per heavy atom. The number of nitrogens with two attached hydrogens (primary N) is 1. The fourth-order valence-electron chi connectivity index (χ4n) is 6.92. The number of ketones is 1. The Kier molecular flexibility index (Phi) is 9.22. The van der Waals surface area contributed by atoms with Gasteiger partial charge in [0, 0.05) is 6.54 Å². The minimum atomic E-state index is -1.10. The molecule has 1 saturated heterocycles. The average molecular weight is 590 g/mol. The van der Waals surface area contributed by atoms with Crippen LogP contribution < -0.4 is 21.7 Å². The Hall–Kier alpha value is -3.18. The van der Waals surface area contributed by atoms with Crippen molar-refractivity contribution in [1.82, 2.24) is 20.9 Å². The van der Waals surface area contributed by atoms with Crippen LogP contribution >= 0.6 is 0 Å². The minimum Gasteiger partial charge on any atom is -0.461 e. The standard InChI is InChI=1S/C30H47N5O7/c1-29(2,3)24(34-28(41)32-14-20(36)42-17-11-6-7-12-17)27(40)35-15-18-21(30(18,4)5)22(35)26(39)33-19(23(37)25(31)38)13-16-9-8-10-16/h16-19,21-22,24H,6-15H2,1-5H3,(H2,31,38)(H,33,39)(H2,32,34,41)/t18-,19?,21-,22-,24+/m0/s1. The number of esters is 1. The third kappa shape index (κ3) is 6.89. The monoisotopic (exact) mass is 589 g/mol. The van der Waals surface area contributed by atoms with Crippen molar-refractivity contribution in [2.45, 2.75) is 110 Å². The Balaban J connectivity index is 1.44. The second kappa shape index (κ2) is 12.2.